The van der Waals surface area contributed by atoms with Crippen LogP contribution < -0.4 is 0 Å². The van der Waals surface area contributed by atoms with Crippen molar-refractivity contribution in [2.75, 3.05) is 20.1 Å². The zero-order valence-electron chi connectivity index (χ0n) is 10.4. The number of nitrogens with one attached hydrogen (secondary N) is 1. The molecule has 98 valence electrons. The third-order valence-electron chi connectivity index (χ3n) is 3.76. The largest absolute Gasteiger partial charge is 0.358 e. The SMILES string of the molecule is Br.CN1CCC(c2cc3ccc(F)cc3[nH]2)CC1. The van der Waals surface area contributed by atoms with Crippen LogP contribution in [0.1, 0.15) is 24.5 Å². The maximum atomic E-state index is 13.1. The molecular formula is C14H18BrFN2. The number of nitrogens with zero attached hydrogens (tertiary/aromatic N) is 1. The molecule has 1 fully saturated rings. The molecule has 0 atom stereocenters. The number of H-pyrrole nitrogens is 1. The number of rotatable bonds is 1. The van der Waals surface area contributed by atoms with Crippen LogP contribution in [0.2, 0.25) is 0 Å². The summed E-state index contributed by atoms with van der Waals surface area (Å²) in [4.78, 5) is 5.72. The Kier molecular flexibility index (Phi) is 4.07. The summed E-state index contributed by atoms with van der Waals surface area (Å²) in [5, 5.41) is 1.11. The number of piperidine rings is 1. The molecule has 18 heavy (non-hydrogen) atoms. The highest BCUT2D eigenvalue weighted by atomic mass is 79.9. The van der Waals surface area contributed by atoms with E-state index in [0.29, 0.717) is 5.92 Å². The summed E-state index contributed by atoms with van der Waals surface area (Å²) in [5.74, 6) is 0.427. The van der Waals surface area contributed by atoms with Gasteiger partial charge in [0.05, 0.1) is 0 Å². The number of likely N-dealkylation sites (tertiary alicyclic amines) is 1. The lowest BCUT2D eigenvalue weighted by atomic mass is 9.94. The van der Waals surface area contributed by atoms with Crippen molar-refractivity contribution in [2.24, 2.45) is 0 Å². The highest BCUT2D eigenvalue weighted by Gasteiger charge is 2.19. The minimum atomic E-state index is -0.172. The second kappa shape index (κ2) is 5.41. The molecule has 4 heteroatoms. The van der Waals surface area contributed by atoms with Crippen LogP contribution >= 0.6 is 17.0 Å². The molecule has 0 aliphatic carbocycles. The first-order valence-electron chi connectivity index (χ1n) is 6.19. The van der Waals surface area contributed by atoms with E-state index in [-0.39, 0.29) is 22.8 Å². The maximum absolute atomic E-state index is 13.1. The molecule has 1 aromatic heterocycles. The average Bonchev–Trinajstić information content (AvgIpc) is 2.72. The molecule has 1 aliphatic heterocycles. The van der Waals surface area contributed by atoms with Crippen molar-refractivity contribution in [1.29, 1.82) is 0 Å². The molecule has 0 amide bonds. The van der Waals surface area contributed by atoms with E-state index in [4.69, 9.17) is 0 Å². The van der Waals surface area contributed by atoms with Crippen LogP contribution in [-0.4, -0.2) is 30.0 Å². The summed E-state index contributed by atoms with van der Waals surface area (Å²) in [6, 6.07) is 7.12. The average molecular weight is 313 g/mol. The van der Waals surface area contributed by atoms with E-state index in [1.54, 1.807) is 6.07 Å². The van der Waals surface area contributed by atoms with Gasteiger partial charge < -0.3 is 9.88 Å². The van der Waals surface area contributed by atoms with Crippen molar-refractivity contribution in [3.05, 3.63) is 35.8 Å². The second-order valence-corrected chi connectivity index (χ2v) is 5.03. The first kappa shape index (κ1) is 13.6. The Hall–Kier alpha value is -0.870. The molecule has 2 nitrogen and oxygen atoms in total. The lowest BCUT2D eigenvalue weighted by Crippen LogP contribution is -2.29. The van der Waals surface area contributed by atoms with E-state index < -0.39 is 0 Å². The molecule has 3 rings (SSSR count). The minimum absolute atomic E-state index is 0. The molecule has 0 spiro atoms. The van der Waals surface area contributed by atoms with Crippen LogP contribution in [0.25, 0.3) is 10.9 Å². The topological polar surface area (TPSA) is 19.0 Å². The van der Waals surface area contributed by atoms with E-state index in [2.05, 4.69) is 23.0 Å². The van der Waals surface area contributed by atoms with E-state index in [9.17, 15) is 4.39 Å². The quantitative estimate of drug-likeness (QED) is 0.851. The van der Waals surface area contributed by atoms with Gasteiger partial charge in [-0.15, -0.1) is 17.0 Å². The van der Waals surface area contributed by atoms with Crippen LogP contribution in [0.5, 0.6) is 0 Å². The molecule has 1 saturated heterocycles. The van der Waals surface area contributed by atoms with Crippen molar-refractivity contribution in [2.45, 2.75) is 18.8 Å². The van der Waals surface area contributed by atoms with Gasteiger partial charge in [-0.05, 0) is 62.6 Å². The van der Waals surface area contributed by atoms with Gasteiger partial charge in [0.15, 0.2) is 0 Å². The Balaban J connectivity index is 0.00000120. The predicted molar refractivity (Wildman–Crippen MR) is 78.1 cm³/mol. The van der Waals surface area contributed by atoms with E-state index in [1.807, 2.05) is 6.07 Å². The number of benzene rings is 1. The normalized spacial score (nSPS) is 17.9. The third kappa shape index (κ3) is 2.59. The zero-order valence-corrected chi connectivity index (χ0v) is 12.2. The minimum Gasteiger partial charge on any atom is -0.358 e. The smallest absolute Gasteiger partial charge is 0.125 e. The van der Waals surface area contributed by atoms with E-state index in [1.165, 1.54) is 24.6 Å². The second-order valence-electron chi connectivity index (χ2n) is 5.03. The van der Waals surface area contributed by atoms with Gasteiger partial charge in [-0.3, -0.25) is 0 Å². The lowest BCUT2D eigenvalue weighted by molar-refractivity contribution is 0.254. The standard InChI is InChI=1S/C14H17FN2.BrH/c1-17-6-4-10(5-7-17)13-8-11-2-3-12(15)9-14(11)16-13;/h2-3,8-10,16H,4-7H2,1H3;1H. The third-order valence-corrected chi connectivity index (χ3v) is 3.76. The molecule has 0 unspecified atom stereocenters. The summed E-state index contributed by atoms with van der Waals surface area (Å²) in [7, 11) is 2.16. The Labute approximate surface area is 117 Å². The number of fused-ring (bicyclic) bond motifs is 1. The van der Waals surface area contributed by atoms with Gasteiger partial charge in [0.1, 0.15) is 5.82 Å². The van der Waals surface area contributed by atoms with Gasteiger partial charge in [-0.25, -0.2) is 4.39 Å². The van der Waals surface area contributed by atoms with Gasteiger partial charge in [-0.2, -0.15) is 0 Å². The number of halogens is 2. The molecule has 1 N–H and O–H groups in total. The van der Waals surface area contributed by atoms with Gasteiger partial charge in [0.25, 0.3) is 0 Å². The van der Waals surface area contributed by atoms with E-state index in [0.717, 1.165) is 24.0 Å². The maximum Gasteiger partial charge on any atom is 0.125 e. The first-order valence-corrected chi connectivity index (χ1v) is 6.19. The summed E-state index contributed by atoms with van der Waals surface area (Å²) < 4.78 is 13.1. The van der Waals surface area contributed by atoms with Crippen molar-refractivity contribution >= 4 is 27.9 Å². The molecule has 1 aliphatic rings. The number of aromatic nitrogens is 1. The van der Waals surface area contributed by atoms with Gasteiger partial charge >= 0.3 is 0 Å². The van der Waals surface area contributed by atoms with Crippen molar-refractivity contribution in [3.8, 4) is 0 Å². The van der Waals surface area contributed by atoms with Gasteiger partial charge in [0, 0.05) is 17.1 Å². The Bertz CT molecular complexity index is 530. The predicted octanol–water partition coefficient (Wildman–Crippen LogP) is 3.69. The van der Waals surface area contributed by atoms with Gasteiger partial charge in [0.2, 0.25) is 0 Å². The molecular weight excluding hydrogens is 295 g/mol. The Morgan fingerprint density at radius 1 is 1.22 bits per heavy atom. The molecule has 1 aromatic carbocycles. The Morgan fingerprint density at radius 2 is 1.94 bits per heavy atom. The van der Waals surface area contributed by atoms with Crippen LogP contribution in [0.3, 0.4) is 0 Å². The van der Waals surface area contributed by atoms with E-state index >= 15 is 0 Å². The van der Waals surface area contributed by atoms with Gasteiger partial charge in [-0.1, -0.05) is 0 Å². The monoisotopic (exact) mass is 312 g/mol. The fraction of sp³-hybridized carbons (Fsp3) is 0.429. The number of aromatic amines is 1. The van der Waals surface area contributed by atoms with Crippen molar-refractivity contribution < 1.29 is 4.39 Å². The van der Waals surface area contributed by atoms with Crippen LogP contribution in [0.4, 0.5) is 4.39 Å². The lowest BCUT2D eigenvalue weighted by Gasteiger charge is -2.28. The van der Waals surface area contributed by atoms with Crippen molar-refractivity contribution in [1.82, 2.24) is 9.88 Å². The zero-order chi connectivity index (χ0) is 11.8. The summed E-state index contributed by atoms with van der Waals surface area (Å²) >= 11 is 0. The van der Waals surface area contributed by atoms with Crippen LogP contribution in [-0.2, 0) is 0 Å². The number of hydrogen-bond acceptors (Lipinski definition) is 1. The highest BCUT2D eigenvalue weighted by Crippen LogP contribution is 2.29. The fourth-order valence-corrected chi connectivity index (χ4v) is 2.66. The molecule has 2 heterocycles. The summed E-state index contributed by atoms with van der Waals surface area (Å²) in [6.45, 7) is 2.29. The van der Waals surface area contributed by atoms with Crippen LogP contribution in [0.15, 0.2) is 24.3 Å². The molecule has 0 saturated carbocycles. The summed E-state index contributed by atoms with van der Waals surface area (Å²) in [6.07, 6.45) is 2.37. The highest BCUT2D eigenvalue weighted by molar-refractivity contribution is 8.93. The summed E-state index contributed by atoms with van der Waals surface area (Å²) in [5.41, 5.74) is 2.18. The fourth-order valence-electron chi connectivity index (χ4n) is 2.66. The first-order chi connectivity index (χ1) is 8.22. The molecule has 2 aromatic rings. The van der Waals surface area contributed by atoms with Crippen LogP contribution in [0, 0.1) is 5.82 Å². The van der Waals surface area contributed by atoms with Crippen molar-refractivity contribution in [3.63, 3.8) is 0 Å². The molecule has 0 bridgehead atoms. The Morgan fingerprint density at radius 3 is 2.67 bits per heavy atom. The molecule has 0 radical (unpaired) electrons. The number of hydrogen-bond donors (Lipinski definition) is 1.